The zero-order chi connectivity index (χ0) is 17.3. The summed E-state index contributed by atoms with van der Waals surface area (Å²) in [7, 11) is 8.51. The third-order valence-electron chi connectivity index (χ3n) is 3.95. The molecule has 1 aromatic rings. The molecule has 128 valence electrons. The molecular weight excluding hydrogens is 306 g/mol. The Hall–Kier alpha value is -1.87. The molecule has 1 aliphatic rings. The maximum absolute atomic E-state index is 12.7. The van der Waals surface area contributed by atoms with Crippen LogP contribution in [0.15, 0.2) is 18.2 Å². The smallest absolute Gasteiger partial charge is 0.328 e. The SMILES string of the molecule is COc1ccc(N2C(=O)C(OC)(OC)C2(OC)OC)c(OC)c1. The van der Waals surface area contributed by atoms with Crippen molar-refractivity contribution in [2.75, 3.05) is 47.6 Å². The van der Waals surface area contributed by atoms with Gasteiger partial charge in [0.1, 0.15) is 11.5 Å². The number of hydrogen-bond acceptors (Lipinski definition) is 7. The predicted molar refractivity (Wildman–Crippen MR) is 80.5 cm³/mol. The van der Waals surface area contributed by atoms with Gasteiger partial charge in [-0.25, -0.2) is 4.90 Å². The maximum Gasteiger partial charge on any atom is 0.328 e. The normalized spacial score (nSPS) is 18.5. The fraction of sp³-hybridized carbons (Fsp3) is 0.533. The Kier molecular flexibility index (Phi) is 4.81. The number of β-lactam (4-membered cyclic amide) rings is 1. The highest BCUT2D eigenvalue weighted by Crippen LogP contribution is 2.51. The molecule has 0 aromatic heterocycles. The van der Waals surface area contributed by atoms with E-state index in [0.29, 0.717) is 17.2 Å². The average molecular weight is 327 g/mol. The molecule has 1 amide bonds. The van der Waals surface area contributed by atoms with Crippen LogP contribution in [-0.4, -0.2) is 60.3 Å². The van der Waals surface area contributed by atoms with Gasteiger partial charge in [0.25, 0.3) is 5.91 Å². The molecule has 23 heavy (non-hydrogen) atoms. The minimum atomic E-state index is -1.71. The van der Waals surface area contributed by atoms with Crippen LogP contribution in [0.25, 0.3) is 0 Å². The molecule has 1 aliphatic heterocycles. The monoisotopic (exact) mass is 327 g/mol. The predicted octanol–water partition coefficient (Wildman–Crippen LogP) is 0.986. The molecule has 1 saturated heterocycles. The summed E-state index contributed by atoms with van der Waals surface area (Å²) in [4.78, 5) is 14.0. The van der Waals surface area contributed by atoms with E-state index in [0.717, 1.165) is 0 Å². The van der Waals surface area contributed by atoms with Crippen molar-refractivity contribution < 1.29 is 33.2 Å². The summed E-state index contributed by atoms with van der Waals surface area (Å²) in [6, 6.07) is 5.01. The molecule has 0 N–H and O–H groups in total. The van der Waals surface area contributed by atoms with Crippen LogP contribution < -0.4 is 14.4 Å². The van der Waals surface area contributed by atoms with Gasteiger partial charge in [-0.2, -0.15) is 0 Å². The molecule has 8 nitrogen and oxygen atoms in total. The van der Waals surface area contributed by atoms with Crippen LogP contribution in [0.3, 0.4) is 0 Å². The Balaban J connectivity index is 2.57. The van der Waals surface area contributed by atoms with Gasteiger partial charge in [-0.05, 0) is 12.1 Å². The van der Waals surface area contributed by atoms with E-state index >= 15 is 0 Å². The Labute approximate surface area is 134 Å². The van der Waals surface area contributed by atoms with Crippen molar-refractivity contribution in [3.63, 3.8) is 0 Å². The fourth-order valence-electron chi connectivity index (χ4n) is 2.80. The van der Waals surface area contributed by atoms with Crippen LogP contribution in [0.4, 0.5) is 5.69 Å². The van der Waals surface area contributed by atoms with Gasteiger partial charge in [-0.15, -0.1) is 0 Å². The molecule has 0 atom stereocenters. The lowest BCUT2D eigenvalue weighted by Gasteiger charge is -2.58. The standard InChI is InChI=1S/C15H21NO7/c1-18-10-7-8-11(12(9-10)19-2)16-13(17)14(20-3,21-4)15(16,22-5)23-6/h7-9H,1-6H3. The van der Waals surface area contributed by atoms with Crippen molar-refractivity contribution >= 4 is 11.6 Å². The van der Waals surface area contributed by atoms with Gasteiger partial charge in [0.15, 0.2) is 0 Å². The molecule has 0 bridgehead atoms. The summed E-state index contributed by atoms with van der Waals surface area (Å²) in [6.07, 6.45) is 0. The molecule has 0 unspecified atom stereocenters. The van der Waals surface area contributed by atoms with Gasteiger partial charge in [-0.3, -0.25) is 4.79 Å². The number of ether oxygens (including phenoxy) is 6. The average Bonchev–Trinajstić information content (AvgIpc) is 2.60. The minimum absolute atomic E-state index is 0.414. The van der Waals surface area contributed by atoms with Crippen molar-refractivity contribution in [2.24, 2.45) is 0 Å². The van der Waals surface area contributed by atoms with Crippen molar-refractivity contribution in [1.29, 1.82) is 0 Å². The zero-order valence-electron chi connectivity index (χ0n) is 14.0. The van der Waals surface area contributed by atoms with Crippen molar-refractivity contribution in [2.45, 2.75) is 11.7 Å². The summed E-state index contributed by atoms with van der Waals surface area (Å²) in [5.74, 6) is -2.77. The minimum Gasteiger partial charge on any atom is -0.497 e. The Bertz CT molecular complexity index is 581. The summed E-state index contributed by atoms with van der Waals surface area (Å²) in [6.45, 7) is 0. The molecule has 0 saturated carbocycles. The molecule has 0 aliphatic carbocycles. The summed E-state index contributed by atoms with van der Waals surface area (Å²) in [5, 5.41) is 0. The van der Waals surface area contributed by atoms with Gasteiger partial charge < -0.3 is 28.4 Å². The molecule has 2 rings (SSSR count). The first-order valence-corrected chi connectivity index (χ1v) is 6.79. The van der Waals surface area contributed by atoms with Crippen molar-refractivity contribution in [3.05, 3.63) is 18.2 Å². The number of anilines is 1. The van der Waals surface area contributed by atoms with E-state index in [1.54, 1.807) is 25.3 Å². The second-order valence-corrected chi connectivity index (χ2v) is 4.69. The van der Waals surface area contributed by atoms with E-state index in [1.807, 2.05) is 0 Å². The number of carbonyl (C=O) groups is 1. The lowest BCUT2D eigenvalue weighted by atomic mass is 9.96. The van der Waals surface area contributed by atoms with Crippen molar-refractivity contribution in [3.8, 4) is 11.5 Å². The largest absolute Gasteiger partial charge is 0.497 e. The van der Waals surface area contributed by atoms with Crippen LogP contribution in [-0.2, 0) is 23.7 Å². The van der Waals surface area contributed by atoms with Crippen LogP contribution in [0.5, 0.6) is 11.5 Å². The molecule has 1 fully saturated rings. The van der Waals surface area contributed by atoms with Gasteiger partial charge in [0, 0.05) is 34.5 Å². The number of hydrogen-bond donors (Lipinski definition) is 0. The highest BCUT2D eigenvalue weighted by atomic mass is 16.8. The number of amides is 1. The topological polar surface area (TPSA) is 75.7 Å². The van der Waals surface area contributed by atoms with Crippen LogP contribution in [0.2, 0.25) is 0 Å². The van der Waals surface area contributed by atoms with E-state index < -0.39 is 17.6 Å². The van der Waals surface area contributed by atoms with Gasteiger partial charge >= 0.3 is 11.7 Å². The van der Waals surface area contributed by atoms with E-state index in [4.69, 9.17) is 28.4 Å². The highest BCUT2D eigenvalue weighted by Gasteiger charge is 2.77. The second-order valence-electron chi connectivity index (χ2n) is 4.69. The molecular formula is C15H21NO7. The Morgan fingerprint density at radius 1 is 0.870 bits per heavy atom. The Morgan fingerprint density at radius 3 is 1.91 bits per heavy atom. The number of nitrogens with zero attached hydrogens (tertiary/aromatic N) is 1. The first-order valence-electron chi connectivity index (χ1n) is 6.79. The first-order chi connectivity index (χ1) is 11.0. The first kappa shape index (κ1) is 17.5. The molecule has 1 heterocycles. The zero-order valence-corrected chi connectivity index (χ0v) is 14.0. The van der Waals surface area contributed by atoms with Crippen LogP contribution in [0.1, 0.15) is 0 Å². The van der Waals surface area contributed by atoms with E-state index in [-0.39, 0.29) is 0 Å². The quantitative estimate of drug-likeness (QED) is 0.546. The van der Waals surface area contributed by atoms with Gasteiger partial charge in [0.05, 0.1) is 19.9 Å². The van der Waals surface area contributed by atoms with E-state index in [9.17, 15) is 4.79 Å². The van der Waals surface area contributed by atoms with Crippen molar-refractivity contribution in [1.82, 2.24) is 0 Å². The maximum atomic E-state index is 12.7. The molecule has 0 spiro atoms. The third kappa shape index (κ3) is 2.10. The van der Waals surface area contributed by atoms with Crippen LogP contribution >= 0.6 is 0 Å². The number of methoxy groups -OCH3 is 6. The van der Waals surface area contributed by atoms with Crippen LogP contribution in [0, 0.1) is 0 Å². The number of carbonyl (C=O) groups excluding carboxylic acids is 1. The fourth-order valence-corrected chi connectivity index (χ4v) is 2.80. The van der Waals surface area contributed by atoms with Gasteiger partial charge in [-0.1, -0.05) is 0 Å². The Morgan fingerprint density at radius 2 is 1.48 bits per heavy atom. The molecule has 1 aromatic carbocycles. The number of rotatable bonds is 7. The highest BCUT2D eigenvalue weighted by molar-refractivity contribution is 6.08. The van der Waals surface area contributed by atoms with E-state index in [1.165, 1.54) is 40.4 Å². The number of benzene rings is 1. The summed E-state index contributed by atoms with van der Waals surface area (Å²) in [5.41, 5.74) is 0.437. The lowest BCUT2D eigenvalue weighted by molar-refractivity contribution is -0.394. The summed E-state index contributed by atoms with van der Waals surface area (Å²) < 4.78 is 32.0. The van der Waals surface area contributed by atoms with E-state index in [2.05, 4.69) is 0 Å². The summed E-state index contributed by atoms with van der Waals surface area (Å²) >= 11 is 0. The molecule has 8 heteroatoms. The second kappa shape index (κ2) is 6.32. The lowest BCUT2D eigenvalue weighted by Crippen LogP contribution is -2.86. The van der Waals surface area contributed by atoms with Gasteiger partial charge in [0.2, 0.25) is 0 Å². The molecule has 0 radical (unpaired) electrons. The third-order valence-corrected chi connectivity index (χ3v) is 3.95.